The maximum Gasteiger partial charge on any atom is 0.282 e. The van der Waals surface area contributed by atoms with Gasteiger partial charge in [-0.15, -0.1) is 0 Å². The zero-order chi connectivity index (χ0) is 18.0. The topological polar surface area (TPSA) is 65.7 Å². The molecule has 25 heavy (non-hydrogen) atoms. The third kappa shape index (κ3) is 3.28. The van der Waals surface area contributed by atoms with Gasteiger partial charge in [-0.25, -0.2) is 4.98 Å². The Morgan fingerprint density at radius 1 is 1.20 bits per heavy atom. The summed E-state index contributed by atoms with van der Waals surface area (Å²) >= 11 is 3.38. The first-order valence-corrected chi connectivity index (χ1v) is 8.28. The molecule has 0 bridgehead atoms. The largest absolute Gasteiger partial charge is 0.493 e. The van der Waals surface area contributed by atoms with E-state index in [-0.39, 0.29) is 5.56 Å². The molecule has 0 spiro atoms. The highest BCUT2D eigenvalue weighted by molar-refractivity contribution is 9.10. The van der Waals surface area contributed by atoms with Crippen LogP contribution in [0.2, 0.25) is 0 Å². The molecule has 0 fully saturated rings. The molecular formula is C18H16BrN3O3. The van der Waals surface area contributed by atoms with E-state index in [1.165, 1.54) is 4.68 Å². The van der Waals surface area contributed by atoms with Crippen LogP contribution in [-0.4, -0.2) is 30.1 Å². The summed E-state index contributed by atoms with van der Waals surface area (Å²) in [5.74, 6) is 1.64. The molecule has 0 atom stereocenters. The minimum Gasteiger partial charge on any atom is -0.493 e. The van der Waals surface area contributed by atoms with Crippen LogP contribution >= 0.6 is 15.9 Å². The molecule has 0 aliphatic heterocycles. The third-order valence-corrected chi connectivity index (χ3v) is 4.21. The number of benzene rings is 2. The molecule has 0 N–H and O–H groups in total. The van der Waals surface area contributed by atoms with Crippen molar-refractivity contribution in [1.29, 1.82) is 0 Å². The highest BCUT2D eigenvalue weighted by Gasteiger charge is 2.10. The van der Waals surface area contributed by atoms with Gasteiger partial charge in [0.2, 0.25) is 0 Å². The van der Waals surface area contributed by atoms with Crippen molar-refractivity contribution in [2.75, 3.05) is 14.2 Å². The van der Waals surface area contributed by atoms with Gasteiger partial charge in [-0.3, -0.25) is 4.79 Å². The highest BCUT2D eigenvalue weighted by Crippen LogP contribution is 2.29. The van der Waals surface area contributed by atoms with Gasteiger partial charge in [-0.05, 0) is 37.3 Å². The summed E-state index contributed by atoms with van der Waals surface area (Å²) in [7, 11) is 3.13. The monoisotopic (exact) mass is 401 g/mol. The number of aromatic nitrogens is 2. The molecule has 3 aromatic rings. The Morgan fingerprint density at radius 3 is 2.72 bits per heavy atom. The summed E-state index contributed by atoms with van der Waals surface area (Å²) < 4.78 is 12.7. The summed E-state index contributed by atoms with van der Waals surface area (Å²) in [6.07, 6.45) is 1.56. The van der Waals surface area contributed by atoms with E-state index < -0.39 is 0 Å². The first-order chi connectivity index (χ1) is 12.0. The van der Waals surface area contributed by atoms with Gasteiger partial charge < -0.3 is 9.47 Å². The second kappa shape index (κ2) is 7.06. The Hall–Kier alpha value is -2.67. The standard InChI is InChI=1S/C18H16BrN3O3/c1-11-21-15-8-7-13(19)9-14(15)18(23)22(11)20-10-12-5-4-6-16(24-2)17(12)25-3/h4-10H,1-3H3. The molecule has 6 nitrogen and oxygen atoms in total. The number of rotatable bonds is 4. The van der Waals surface area contributed by atoms with Gasteiger partial charge in [0.1, 0.15) is 5.82 Å². The van der Waals surface area contributed by atoms with Gasteiger partial charge in [0.25, 0.3) is 5.56 Å². The van der Waals surface area contributed by atoms with Crippen LogP contribution in [-0.2, 0) is 0 Å². The maximum atomic E-state index is 12.7. The van der Waals surface area contributed by atoms with Crippen LogP contribution < -0.4 is 15.0 Å². The van der Waals surface area contributed by atoms with Gasteiger partial charge in [-0.1, -0.05) is 22.0 Å². The normalized spacial score (nSPS) is 11.2. The van der Waals surface area contributed by atoms with E-state index >= 15 is 0 Å². The van der Waals surface area contributed by atoms with E-state index in [4.69, 9.17) is 9.47 Å². The number of halogens is 1. The smallest absolute Gasteiger partial charge is 0.282 e. The minimum absolute atomic E-state index is 0.234. The van der Waals surface area contributed by atoms with Crippen molar-refractivity contribution in [1.82, 2.24) is 9.66 Å². The van der Waals surface area contributed by atoms with E-state index in [1.807, 2.05) is 18.2 Å². The van der Waals surface area contributed by atoms with Crippen LogP contribution in [0.25, 0.3) is 10.9 Å². The predicted octanol–water partition coefficient (Wildman–Crippen LogP) is 3.37. The van der Waals surface area contributed by atoms with Gasteiger partial charge >= 0.3 is 0 Å². The van der Waals surface area contributed by atoms with Crippen molar-refractivity contribution in [3.05, 3.63) is 62.6 Å². The number of fused-ring (bicyclic) bond motifs is 1. The van der Waals surface area contributed by atoms with E-state index in [9.17, 15) is 4.79 Å². The zero-order valence-corrected chi connectivity index (χ0v) is 15.6. The fraction of sp³-hybridized carbons (Fsp3) is 0.167. The quantitative estimate of drug-likeness (QED) is 0.628. The lowest BCUT2D eigenvalue weighted by molar-refractivity contribution is 0.354. The average molecular weight is 402 g/mol. The van der Waals surface area contributed by atoms with Crippen LogP contribution in [0, 0.1) is 6.92 Å². The highest BCUT2D eigenvalue weighted by atomic mass is 79.9. The summed E-state index contributed by atoms with van der Waals surface area (Å²) in [5.41, 5.74) is 1.10. The Morgan fingerprint density at radius 2 is 2.00 bits per heavy atom. The van der Waals surface area contributed by atoms with Crippen LogP contribution in [0.1, 0.15) is 11.4 Å². The lowest BCUT2D eigenvalue weighted by Crippen LogP contribution is -2.20. The Kier molecular flexibility index (Phi) is 4.85. The second-order valence-electron chi connectivity index (χ2n) is 5.26. The molecular weight excluding hydrogens is 386 g/mol. The fourth-order valence-electron chi connectivity index (χ4n) is 2.53. The van der Waals surface area contributed by atoms with Crippen molar-refractivity contribution in [3.63, 3.8) is 0 Å². The summed E-state index contributed by atoms with van der Waals surface area (Å²) in [6.45, 7) is 1.74. The molecule has 0 radical (unpaired) electrons. The fourth-order valence-corrected chi connectivity index (χ4v) is 2.89. The predicted molar refractivity (Wildman–Crippen MR) is 101 cm³/mol. The third-order valence-electron chi connectivity index (χ3n) is 3.72. The number of ether oxygens (including phenoxy) is 2. The first kappa shape index (κ1) is 17.2. The number of para-hydroxylation sites is 1. The molecule has 0 aliphatic rings. The van der Waals surface area contributed by atoms with Crippen molar-refractivity contribution in [2.24, 2.45) is 5.10 Å². The molecule has 1 heterocycles. The number of nitrogens with zero attached hydrogens (tertiary/aromatic N) is 3. The van der Waals surface area contributed by atoms with Gasteiger partial charge in [-0.2, -0.15) is 9.78 Å². The minimum atomic E-state index is -0.234. The van der Waals surface area contributed by atoms with Gasteiger partial charge in [0.05, 0.1) is 31.3 Å². The number of aryl methyl sites for hydroxylation is 1. The van der Waals surface area contributed by atoms with Crippen molar-refractivity contribution < 1.29 is 9.47 Å². The molecule has 0 saturated carbocycles. The SMILES string of the molecule is COc1cccc(C=Nn2c(C)nc3ccc(Br)cc3c2=O)c1OC. The summed E-state index contributed by atoms with van der Waals surface area (Å²) in [5, 5.41) is 4.80. The average Bonchev–Trinajstić information content (AvgIpc) is 2.61. The molecule has 1 aromatic heterocycles. The number of hydrogen-bond acceptors (Lipinski definition) is 5. The van der Waals surface area contributed by atoms with Crippen LogP contribution in [0.15, 0.2) is 50.8 Å². The Bertz CT molecular complexity index is 1030. The van der Waals surface area contributed by atoms with Crippen LogP contribution in [0.5, 0.6) is 11.5 Å². The lowest BCUT2D eigenvalue weighted by Gasteiger charge is -2.10. The molecule has 128 valence electrons. The molecule has 3 rings (SSSR count). The van der Waals surface area contributed by atoms with Crippen molar-refractivity contribution >= 4 is 33.0 Å². The van der Waals surface area contributed by atoms with E-state index in [1.54, 1.807) is 45.6 Å². The van der Waals surface area contributed by atoms with Crippen LogP contribution in [0.3, 0.4) is 0 Å². The summed E-state index contributed by atoms with van der Waals surface area (Å²) in [6, 6.07) is 10.8. The van der Waals surface area contributed by atoms with E-state index in [2.05, 4.69) is 26.0 Å². The van der Waals surface area contributed by atoms with Crippen molar-refractivity contribution in [2.45, 2.75) is 6.92 Å². The second-order valence-corrected chi connectivity index (χ2v) is 6.18. The molecule has 0 saturated heterocycles. The zero-order valence-electron chi connectivity index (χ0n) is 14.0. The molecule has 7 heteroatoms. The van der Waals surface area contributed by atoms with Gasteiger partial charge in [0.15, 0.2) is 11.5 Å². The number of hydrogen-bond donors (Lipinski definition) is 0. The van der Waals surface area contributed by atoms with Crippen molar-refractivity contribution in [3.8, 4) is 11.5 Å². The number of methoxy groups -OCH3 is 2. The Labute approximate surface area is 152 Å². The van der Waals surface area contributed by atoms with Crippen LogP contribution in [0.4, 0.5) is 0 Å². The van der Waals surface area contributed by atoms with Gasteiger partial charge in [0, 0.05) is 10.0 Å². The molecule has 0 aliphatic carbocycles. The molecule has 0 unspecified atom stereocenters. The first-order valence-electron chi connectivity index (χ1n) is 7.49. The van der Waals surface area contributed by atoms with E-state index in [0.29, 0.717) is 33.8 Å². The maximum absolute atomic E-state index is 12.7. The van der Waals surface area contributed by atoms with E-state index in [0.717, 1.165) is 4.47 Å². The molecule has 2 aromatic carbocycles. The molecule has 0 amide bonds. The lowest BCUT2D eigenvalue weighted by atomic mass is 10.2. The summed E-state index contributed by atoms with van der Waals surface area (Å²) in [4.78, 5) is 17.2. The Balaban J connectivity index is 2.13.